The fourth-order valence-corrected chi connectivity index (χ4v) is 6.52. The molecule has 0 unspecified atom stereocenters. The van der Waals surface area contributed by atoms with Crippen LogP contribution in [0.2, 0.25) is 0 Å². The van der Waals surface area contributed by atoms with Crippen molar-refractivity contribution in [1.29, 1.82) is 0 Å². The maximum absolute atomic E-state index is 11.9. The van der Waals surface area contributed by atoms with Crippen LogP contribution in [0.3, 0.4) is 0 Å². The summed E-state index contributed by atoms with van der Waals surface area (Å²) < 4.78 is 1.52. The summed E-state index contributed by atoms with van der Waals surface area (Å²) in [5, 5.41) is 0. The van der Waals surface area contributed by atoms with Gasteiger partial charge in [0, 0.05) is 16.7 Å². The maximum atomic E-state index is 11.9. The third-order valence-electron chi connectivity index (χ3n) is 9.68. The first kappa shape index (κ1) is 50.9. The van der Waals surface area contributed by atoms with Gasteiger partial charge in [0.1, 0.15) is 0 Å². The van der Waals surface area contributed by atoms with Crippen molar-refractivity contribution in [2.75, 3.05) is 0 Å². The topological polar surface area (TPSA) is 25.3 Å². The molecule has 0 radical (unpaired) electrons. The molecule has 1 aliphatic heterocycles. The molecule has 1 aliphatic rings. The second kappa shape index (κ2) is 34.4. The van der Waals surface area contributed by atoms with Gasteiger partial charge in [-0.3, -0.25) is 0 Å². The van der Waals surface area contributed by atoms with Crippen molar-refractivity contribution >= 4 is 11.4 Å². The number of hydrogen-bond acceptors (Lipinski definition) is 0. The average Bonchev–Trinajstić information content (AvgIpc) is 3.45. The maximum Gasteiger partial charge on any atom is 2.00 e. The van der Waals surface area contributed by atoms with E-state index in [-0.39, 0.29) is 16.5 Å². The minimum atomic E-state index is 0. The Morgan fingerprint density at radius 2 is 1.02 bits per heavy atom. The van der Waals surface area contributed by atoms with Gasteiger partial charge in [0.2, 0.25) is 11.4 Å². The molecule has 0 aromatic heterocycles. The van der Waals surface area contributed by atoms with Crippen LogP contribution in [-0.4, -0.2) is 4.70 Å². The molecular weight excluding hydrogens is 699 g/mol. The first-order valence-electron chi connectivity index (χ1n) is 21.6. The molecule has 0 saturated heterocycles. The van der Waals surface area contributed by atoms with Gasteiger partial charge in [-0.05, 0) is 106 Å². The molecule has 0 N–H and O–H groups in total. The number of benzene rings is 2. The van der Waals surface area contributed by atoms with Crippen molar-refractivity contribution < 1.29 is 21.2 Å². The van der Waals surface area contributed by atoms with Gasteiger partial charge >= 0.3 is 16.5 Å². The van der Waals surface area contributed by atoms with Crippen LogP contribution in [0.5, 0.6) is 0 Å². The van der Waals surface area contributed by atoms with E-state index in [0.29, 0.717) is 0 Å². The van der Waals surface area contributed by atoms with Crippen LogP contribution in [0.4, 0.5) is 0 Å². The average molecular weight is 774 g/mol. The van der Waals surface area contributed by atoms with Gasteiger partial charge in [-0.2, -0.15) is 0 Å². The summed E-state index contributed by atoms with van der Waals surface area (Å²) in [6, 6.07) is 17.8. The standard InChI is InChI=1S/C37H52N2.2C7H11.Ni/c1-5-9-13-16-21-31-23-19-25-33(29-31)37-35(27-17-14-10-6-2)34(26-12-8-4)36(39(37)38)32-24-18-22-30(28-32)20-15-11-7-3;2*1-3-5-7-6-4-2;/h17-19,22-25,27-29H,5-16,20-21,26H2,1-4H3;2*3,5-7H2,1H3;/q;2*-1;+2. The van der Waals surface area contributed by atoms with Gasteiger partial charge in [0.25, 0.3) is 0 Å². The Hall–Kier alpha value is -3.13. The summed E-state index contributed by atoms with van der Waals surface area (Å²) in [6.07, 6.45) is 44.2. The number of allylic oxidation sites excluding steroid dienone is 4. The van der Waals surface area contributed by atoms with E-state index in [1.165, 1.54) is 110 Å². The second-order valence-corrected chi connectivity index (χ2v) is 14.5. The van der Waals surface area contributed by atoms with Gasteiger partial charge in [-0.15, -0.1) is 0 Å². The Kier molecular flexibility index (Phi) is 32.4. The molecule has 298 valence electrons. The van der Waals surface area contributed by atoms with Crippen molar-refractivity contribution in [2.45, 2.75) is 189 Å². The summed E-state index contributed by atoms with van der Waals surface area (Å²) >= 11 is 0. The van der Waals surface area contributed by atoms with E-state index in [4.69, 9.17) is 12.8 Å². The molecule has 2 nitrogen and oxygen atoms in total. The zero-order chi connectivity index (χ0) is 38.9. The smallest absolute Gasteiger partial charge is 0.694 e. The van der Waals surface area contributed by atoms with Gasteiger partial charge in [0.05, 0.1) is 5.57 Å². The Balaban J connectivity index is 0.00000158. The van der Waals surface area contributed by atoms with E-state index in [1.54, 1.807) is 0 Å². The predicted octanol–water partition coefficient (Wildman–Crippen LogP) is 16.0. The van der Waals surface area contributed by atoms with E-state index in [9.17, 15) is 5.53 Å². The zero-order valence-electron chi connectivity index (χ0n) is 35.2. The summed E-state index contributed by atoms with van der Waals surface area (Å²) in [7, 11) is 0. The molecule has 0 bridgehead atoms. The van der Waals surface area contributed by atoms with Crippen LogP contribution in [0.15, 0.2) is 71.8 Å². The Labute approximate surface area is 344 Å². The molecule has 0 atom stereocenters. The number of nitrogens with zero attached hydrogens (tertiary/aromatic N) is 2. The van der Waals surface area contributed by atoms with Crippen LogP contribution in [-0.2, 0) is 29.3 Å². The van der Waals surface area contributed by atoms with E-state index < -0.39 is 0 Å². The number of hydrogen-bond donors (Lipinski definition) is 0. The van der Waals surface area contributed by atoms with E-state index in [0.717, 1.165) is 86.7 Å². The van der Waals surface area contributed by atoms with E-state index in [2.05, 4.69) is 114 Å². The minimum Gasteiger partial charge on any atom is -0.694 e. The molecule has 2 aromatic carbocycles. The summed E-state index contributed by atoms with van der Waals surface area (Å²) in [6.45, 7) is 13.3. The quantitative estimate of drug-likeness (QED) is 0.0334. The normalized spacial score (nSPS) is 12.1. The Morgan fingerprint density at radius 1 is 0.556 bits per heavy atom. The molecule has 3 rings (SSSR count). The first-order valence-corrected chi connectivity index (χ1v) is 21.6. The van der Waals surface area contributed by atoms with Crippen LogP contribution in [0.1, 0.15) is 199 Å². The third kappa shape index (κ3) is 20.5. The van der Waals surface area contributed by atoms with Crippen molar-refractivity contribution in [3.05, 3.63) is 112 Å². The molecule has 0 spiro atoms. The van der Waals surface area contributed by atoms with Gasteiger partial charge in [0.15, 0.2) is 0 Å². The first-order chi connectivity index (χ1) is 26.0. The molecule has 54 heavy (non-hydrogen) atoms. The third-order valence-corrected chi connectivity index (χ3v) is 9.68. The largest absolute Gasteiger partial charge is 2.00 e. The zero-order valence-corrected chi connectivity index (χ0v) is 36.2. The molecular formula is C51H74N2Ni. The molecule has 0 saturated carbocycles. The molecule has 1 heterocycles. The number of rotatable bonds is 24. The summed E-state index contributed by atoms with van der Waals surface area (Å²) in [4.78, 5) is 0. The van der Waals surface area contributed by atoms with Crippen molar-refractivity contribution in [2.24, 2.45) is 0 Å². The van der Waals surface area contributed by atoms with Gasteiger partial charge in [-0.1, -0.05) is 155 Å². The minimum absolute atomic E-state index is 0. The number of unbranched alkanes of at least 4 members (excludes halogenated alkanes) is 14. The van der Waals surface area contributed by atoms with Crippen molar-refractivity contribution in [3.63, 3.8) is 0 Å². The van der Waals surface area contributed by atoms with Crippen LogP contribution >= 0.6 is 0 Å². The van der Waals surface area contributed by atoms with Crippen LogP contribution in [0.25, 0.3) is 16.9 Å². The molecule has 3 heteroatoms. The molecule has 0 fully saturated rings. The van der Waals surface area contributed by atoms with E-state index >= 15 is 0 Å². The van der Waals surface area contributed by atoms with Crippen LogP contribution in [0, 0.1) is 24.7 Å². The predicted molar refractivity (Wildman–Crippen MR) is 232 cm³/mol. The molecule has 2 aromatic rings. The van der Waals surface area contributed by atoms with Gasteiger partial charge in [-0.25, -0.2) is 4.70 Å². The number of aryl methyl sites for hydroxylation is 2. The van der Waals surface area contributed by atoms with Crippen molar-refractivity contribution in [1.82, 2.24) is 0 Å². The SMILES string of the molecule is CCCCC=CC1=C(c2cccc(CCCCCC)c2)[N+](=[N-])C(c2cccc(CCCCC)c2)=C1CCCC.[C-]#CCCCCC.[C-]#CCCCCC.[Ni+2]. The Morgan fingerprint density at radius 3 is 1.52 bits per heavy atom. The van der Waals surface area contributed by atoms with Crippen LogP contribution < -0.4 is 0 Å². The fraction of sp³-hybridized carbons (Fsp3) is 0.569. The summed E-state index contributed by atoms with van der Waals surface area (Å²) in [5.41, 5.74) is 21.3. The van der Waals surface area contributed by atoms with E-state index in [1.807, 2.05) is 0 Å². The summed E-state index contributed by atoms with van der Waals surface area (Å²) in [5.74, 6) is 4.70. The molecule has 0 aliphatic carbocycles. The monoisotopic (exact) mass is 773 g/mol. The van der Waals surface area contributed by atoms with Gasteiger partial charge < -0.3 is 30.2 Å². The molecule has 0 amide bonds. The van der Waals surface area contributed by atoms with Crippen molar-refractivity contribution in [3.8, 4) is 11.8 Å². The fourth-order valence-electron chi connectivity index (χ4n) is 6.52. The Bertz CT molecular complexity index is 1440. The second-order valence-electron chi connectivity index (χ2n) is 14.5.